The van der Waals surface area contributed by atoms with Gasteiger partial charge in [-0.1, -0.05) is 6.92 Å². The van der Waals surface area contributed by atoms with E-state index in [0.717, 1.165) is 16.6 Å². The number of piperidine rings is 1. The first-order valence-corrected chi connectivity index (χ1v) is 7.82. The van der Waals surface area contributed by atoms with Crippen molar-refractivity contribution in [1.82, 2.24) is 9.88 Å². The van der Waals surface area contributed by atoms with E-state index >= 15 is 0 Å². The SMILES string of the molecule is Cc1cc2cc(NC(=O)C(=O)N3CCC(C)C(O)C3)ccc2[nH]1. The second-order valence-corrected chi connectivity index (χ2v) is 6.29. The minimum atomic E-state index is -0.668. The van der Waals surface area contributed by atoms with Gasteiger partial charge in [0.2, 0.25) is 0 Å². The molecule has 1 fully saturated rings. The molecular formula is C17H21N3O3. The fraction of sp³-hybridized carbons (Fsp3) is 0.412. The molecule has 0 bridgehead atoms. The summed E-state index contributed by atoms with van der Waals surface area (Å²) in [4.78, 5) is 29.0. The van der Waals surface area contributed by atoms with Crippen LogP contribution in [0.25, 0.3) is 10.9 Å². The number of aromatic nitrogens is 1. The number of rotatable bonds is 1. The summed E-state index contributed by atoms with van der Waals surface area (Å²) in [6.07, 6.45) is 0.133. The average Bonchev–Trinajstić information content (AvgIpc) is 2.88. The summed E-state index contributed by atoms with van der Waals surface area (Å²) in [5.41, 5.74) is 2.61. The van der Waals surface area contributed by atoms with Crippen LogP contribution in [-0.4, -0.2) is 46.0 Å². The molecule has 2 unspecified atom stereocenters. The molecule has 0 saturated carbocycles. The molecule has 2 atom stereocenters. The number of β-amino-alcohol motifs (C(OH)–C–C–N with tert-alkyl or cyclic N) is 1. The van der Waals surface area contributed by atoms with E-state index < -0.39 is 17.9 Å². The first-order valence-electron chi connectivity index (χ1n) is 7.82. The number of nitrogens with one attached hydrogen (secondary N) is 2. The summed E-state index contributed by atoms with van der Waals surface area (Å²) in [5, 5.41) is 13.5. The highest BCUT2D eigenvalue weighted by molar-refractivity contribution is 6.39. The number of amides is 2. The maximum absolute atomic E-state index is 12.2. The van der Waals surface area contributed by atoms with Gasteiger partial charge in [-0.25, -0.2) is 0 Å². The van der Waals surface area contributed by atoms with Crippen LogP contribution < -0.4 is 5.32 Å². The highest BCUT2D eigenvalue weighted by atomic mass is 16.3. The molecule has 0 radical (unpaired) electrons. The van der Waals surface area contributed by atoms with Crippen LogP contribution in [0.15, 0.2) is 24.3 Å². The normalized spacial score (nSPS) is 21.4. The topological polar surface area (TPSA) is 85.4 Å². The van der Waals surface area contributed by atoms with Crippen molar-refractivity contribution >= 4 is 28.4 Å². The second kappa shape index (κ2) is 6.04. The Labute approximate surface area is 134 Å². The number of hydrogen-bond acceptors (Lipinski definition) is 3. The van der Waals surface area contributed by atoms with E-state index in [0.29, 0.717) is 18.7 Å². The van der Waals surface area contributed by atoms with Crippen molar-refractivity contribution in [3.05, 3.63) is 30.0 Å². The summed E-state index contributed by atoms with van der Waals surface area (Å²) < 4.78 is 0. The first-order chi connectivity index (χ1) is 10.9. The van der Waals surface area contributed by atoms with Crippen LogP contribution in [-0.2, 0) is 9.59 Å². The van der Waals surface area contributed by atoms with Gasteiger partial charge in [-0.2, -0.15) is 0 Å². The first kappa shape index (κ1) is 15.6. The number of benzene rings is 1. The third-order valence-corrected chi connectivity index (χ3v) is 4.41. The Morgan fingerprint density at radius 2 is 2.13 bits per heavy atom. The molecule has 6 heteroatoms. The van der Waals surface area contributed by atoms with Crippen molar-refractivity contribution in [3.63, 3.8) is 0 Å². The van der Waals surface area contributed by atoms with Crippen LogP contribution in [0.1, 0.15) is 19.0 Å². The monoisotopic (exact) mass is 315 g/mol. The molecule has 2 amide bonds. The van der Waals surface area contributed by atoms with E-state index in [9.17, 15) is 14.7 Å². The number of likely N-dealkylation sites (tertiary alicyclic amines) is 1. The standard InChI is InChI=1S/C17H21N3O3/c1-10-5-6-20(9-15(10)21)17(23)16(22)19-13-3-4-14-12(8-13)7-11(2)18-14/h3-4,7-8,10,15,18,21H,5-6,9H2,1-2H3,(H,19,22). The molecule has 1 saturated heterocycles. The van der Waals surface area contributed by atoms with Gasteiger partial charge < -0.3 is 20.3 Å². The Hall–Kier alpha value is -2.34. The Morgan fingerprint density at radius 1 is 1.35 bits per heavy atom. The number of aliphatic hydroxyl groups excluding tert-OH is 1. The Kier molecular flexibility index (Phi) is 4.09. The van der Waals surface area contributed by atoms with E-state index in [2.05, 4.69) is 10.3 Å². The highest BCUT2D eigenvalue weighted by Gasteiger charge is 2.30. The molecule has 1 aliphatic heterocycles. The number of aliphatic hydroxyl groups is 1. The van der Waals surface area contributed by atoms with Crippen LogP contribution in [0.2, 0.25) is 0 Å². The van der Waals surface area contributed by atoms with Crippen LogP contribution in [0.5, 0.6) is 0 Å². The highest BCUT2D eigenvalue weighted by Crippen LogP contribution is 2.21. The maximum Gasteiger partial charge on any atom is 0.313 e. The summed E-state index contributed by atoms with van der Waals surface area (Å²) >= 11 is 0. The van der Waals surface area contributed by atoms with Crippen molar-refractivity contribution < 1.29 is 14.7 Å². The van der Waals surface area contributed by atoms with Gasteiger partial charge >= 0.3 is 11.8 Å². The number of anilines is 1. The lowest BCUT2D eigenvalue weighted by atomic mass is 9.96. The number of carbonyl (C=O) groups is 2. The summed E-state index contributed by atoms with van der Waals surface area (Å²) in [5.74, 6) is -1.11. The Morgan fingerprint density at radius 3 is 2.87 bits per heavy atom. The number of H-pyrrole nitrogens is 1. The number of carbonyl (C=O) groups excluding carboxylic acids is 2. The molecule has 3 rings (SSSR count). The van der Waals surface area contributed by atoms with Gasteiger partial charge in [0.05, 0.1) is 6.10 Å². The largest absolute Gasteiger partial charge is 0.391 e. The number of aryl methyl sites for hydroxylation is 1. The Bertz CT molecular complexity index is 753. The zero-order valence-electron chi connectivity index (χ0n) is 13.3. The molecule has 1 aromatic carbocycles. The lowest BCUT2D eigenvalue weighted by Gasteiger charge is -2.33. The van der Waals surface area contributed by atoms with Crippen LogP contribution in [0, 0.1) is 12.8 Å². The molecule has 23 heavy (non-hydrogen) atoms. The molecule has 2 aromatic rings. The van der Waals surface area contributed by atoms with Crippen molar-refractivity contribution in [1.29, 1.82) is 0 Å². The molecular weight excluding hydrogens is 294 g/mol. The minimum absolute atomic E-state index is 0.154. The van der Waals surface area contributed by atoms with E-state index in [-0.39, 0.29) is 12.5 Å². The zero-order chi connectivity index (χ0) is 16.6. The van der Waals surface area contributed by atoms with Crippen LogP contribution >= 0.6 is 0 Å². The predicted octanol–water partition coefficient (Wildman–Crippen LogP) is 1.64. The molecule has 2 heterocycles. The fourth-order valence-corrected chi connectivity index (χ4v) is 2.92. The molecule has 0 aliphatic carbocycles. The second-order valence-electron chi connectivity index (χ2n) is 6.29. The number of fused-ring (bicyclic) bond motifs is 1. The summed E-state index contributed by atoms with van der Waals surface area (Å²) in [6, 6.07) is 7.44. The van der Waals surface area contributed by atoms with Gasteiger partial charge in [-0.3, -0.25) is 9.59 Å². The molecule has 0 spiro atoms. The number of nitrogens with zero attached hydrogens (tertiary/aromatic N) is 1. The third kappa shape index (κ3) is 3.22. The predicted molar refractivity (Wildman–Crippen MR) is 88.0 cm³/mol. The number of aromatic amines is 1. The fourth-order valence-electron chi connectivity index (χ4n) is 2.92. The van der Waals surface area contributed by atoms with Gasteiger partial charge in [-0.05, 0) is 43.5 Å². The van der Waals surface area contributed by atoms with E-state index in [4.69, 9.17) is 0 Å². The molecule has 6 nitrogen and oxygen atoms in total. The molecule has 122 valence electrons. The molecule has 1 aliphatic rings. The van der Waals surface area contributed by atoms with E-state index in [1.165, 1.54) is 4.90 Å². The number of hydrogen-bond donors (Lipinski definition) is 3. The smallest absolute Gasteiger partial charge is 0.313 e. The van der Waals surface area contributed by atoms with Crippen LogP contribution in [0.3, 0.4) is 0 Å². The van der Waals surface area contributed by atoms with Crippen molar-refractivity contribution in [2.45, 2.75) is 26.4 Å². The average molecular weight is 315 g/mol. The van der Waals surface area contributed by atoms with Crippen LogP contribution in [0.4, 0.5) is 5.69 Å². The molecule has 3 N–H and O–H groups in total. The third-order valence-electron chi connectivity index (χ3n) is 4.41. The van der Waals surface area contributed by atoms with E-state index in [1.54, 1.807) is 6.07 Å². The van der Waals surface area contributed by atoms with Gasteiger partial charge in [-0.15, -0.1) is 0 Å². The lowest BCUT2D eigenvalue weighted by Crippen LogP contribution is -2.49. The van der Waals surface area contributed by atoms with Gasteiger partial charge in [0.1, 0.15) is 0 Å². The van der Waals surface area contributed by atoms with Gasteiger partial charge in [0.25, 0.3) is 0 Å². The van der Waals surface area contributed by atoms with Gasteiger partial charge in [0.15, 0.2) is 0 Å². The quantitative estimate of drug-likeness (QED) is 0.699. The summed E-state index contributed by atoms with van der Waals surface area (Å²) in [6.45, 7) is 4.62. The van der Waals surface area contributed by atoms with Gasteiger partial charge in [0, 0.05) is 35.4 Å². The maximum atomic E-state index is 12.2. The minimum Gasteiger partial charge on any atom is -0.391 e. The lowest BCUT2D eigenvalue weighted by molar-refractivity contribution is -0.146. The zero-order valence-corrected chi connectivity index (χ0v) is 13.3. The van der Waals surface area contributed by atoms with Crippen molar-refractivity contribution in [2.75, 3.05) is 18.4 Å². The van der Waals surface area contributed by atoms with Crippen molar-refractivity contribution in [3.8, 4) is 0 Å². The van der Waals surface area contributed by atoms with Crippen molar-refractivity contribution in [2.24, 2.45) is 5.92 Å². The summed E-state index contributed by atoms with van der Waals surface area (Å²) in [7, 11) is 0. The molecule has 1 aromatic heterocycles. The van der Waals surface area contributed by atoms with E-state index in [1.807, 2.05) is 32.0 Å². The Balaban J connectivity index is 1.68.